The monoisotopic (exact) mass is 267 g/mol. The van der Waals surface area contributed by atoms with Crippen molar-refractivity contribution in [2.75, 3.05) is 26.8 Å². The molecule has 1 aliphatic carbocycles. The third-order valence-corrected chi connectivity index (χ3v) is 3.56. The van der Waals surface area contributed by atoms with Gasteiger partial charge in [-0.15, -0.1) is 0 Å². The van der Waals surface area contributed by atoms with Crippen molar-refractivity contribution >= 4 is 0 Å². The molecule has 0 radical (unpaired) electrons. The van der Waals surface area contributed by atoms with Gasteiger partial charge in [-0.05, 0) is 43.5 Å². The van der Waals surface area contributed by atoms with Crippen molar-refractivity contribution in [2.45, 2.75) is 32.3 Å². The zero-order valence-electron chi connectivity index (χ0n) is 11.7. The van der Waals surface area contributed by atoms with E-state index in [1.165, 1.54) is 6.07 Å². The van der Waals surface area contributed by atoms with Crippen molar-refractivity contribution in [3.63, 3.8) is 0 Å². The van der Waals surface area contributed by atoms with Crippen LogP contribution in [0.15, 0.2) is 12.1 Å². The Bertz CT molecular complexity index is 423. The largest absolute Gasteiger partial charge is 0.491 e. The molecule has 2 rings (SSSR count). The molecular weight excluding hydrogens is 245 g/mol. The van der Waals surface area contributed by atoms with E-state index in [2.05, 4.69) is 12.2 Å². The summed E-state index contributed by atoms with van der Waals surface area (Å²) >= 11 is 0. The van der Waals surface area contributed by atoms with Crippen molar-refractivity contribution in [1.82, 2.24) is 5.32 Å². The van der Waals surface area contributed by atoms with E-state index >= 15 is 0 Å². The molecule has 4 heteroatoms. The molecule has 0 fully saturated rings. The van der Waals surface area contributed by atoms with Crippen LogP contribution in [0, 0.1) is 5.82 Å². The van der Waals surface area contributed by atoms with E-state index in [-0.39, 0.29) is 11.9 Å². The molecule has 1 aromatic rings. The Morgan fingerprint density at radius 3 is 2.84 bits per heavy atom. The summed E-state index contributed by atoms with van der Waals surface area (Å²) in [4.78, 5) is 0. The highest BCUT2D eigenvalue weighted by atomic mass is 19.1. The topological polar surface area (TPSA) is 30.5 Å². The molecule has 19 heavy (non-hydrogen) atoms. The van der Waals surface area contributed by atoms with Crippen LogP contribution in [0.3, 0.4) is 0 Å². The molecular formula is C15H22FNO2. The average molecular weight is 267 g/mol. The average Bonchev–Trinajstić information content (AvgIpc) is 2.91. The number of methoxy groups -OCH3 is 1. The summed E-state index contributed by atoms with van der Waals surface area (Å²) in [6.07, 6.45) is 2.76. The number of fused-ring (bicyclic) bond motifs is 1. The van der Waals surface area contributed by atoms with Gasteiger partial charge in [0.2, 0.25) is 0 Å². The second-order valence-electron chi connectivity index (χ2n) is 4.83. The molecule has 0 aliphatic heterocycles. The Morgan fingerprint density at radius 1 is 1.32 bits per heavy atom. The lowest BCUT2D eigenvalue weighted by Crippen LogP contribution is -2.33. The Balaban J connectivity index is 1.98. The molecule has 1 unspecified atom stereocenters. The predicted octanol–water partition coefficient (Wildman–Crippen LogP) is 2.32. The smallest absolute Gasteiger partial charge is 0.126 e. The van der Waals surface area contributed by atoms with Crippen LogP contribution in [0.4, 0.5) is 4.39 Å². The van der Waals surface area contributed by atoms with Gasteiger partial charge in [-0.1, -0.05) is 6.92 Å². The van der Waals surface area contributed by atoms with E-state index in [1.54, 1.807) is 13.2 Å². The Hall–Kier alpha value is -1.13. The molecule has 1 aliphatic rings. The maximum atomic E-state index is 13.6. The Kier molecular flexibility index (Phi) is 5.16. The number of ether oxygens (including phenoxy) is 2. The van der Waals surface area contributed by atoms with Gasteiger partial charge in [0.15, 0.2) is 0 Å². The molecule has 3 nitrogen and oxygen atoms in total. The van der Waals surface area contributed by atoms with E-state index in [0.29, 0.717) is 6.61 Å². The SMILES string of the molecule is CCNCC(COc1ccc(F)c2c1CCC2)OC. The molecule has 0 heterocycles. The van der Waals surface area contributed by atoms with Gasteiger partial charge in [0.1, 0.15) is 24.3 Å². The van der Waals surface area contributed by atoms with Gasteiger partial charge >= 0.3 is 0 Å². The number of halogens is 1. The van der Waals surface area contributed by atoms with Crippen molar-refractivity contribution in [1.29, 1.82) is 0 Å². The third-order valence-electron chi connectivity index (χ3n) is 3.56. The molecule has 1 aromatic carbocycles. The fourth-order valence-corrected chi connectivity index (χ4v) is 2.46. The maximum Gasteiger partial charge on any atom is 0.126 e. The first kappa shape index (κ1) is 14.3. The fourth-order valence-electron chi connectivity index (χ4n) is 2.46. The van der Waals surface area contributed by atoms with E-state index in [1.807, 2.05) is 0 Å². The first-order valence-electron chi connectivity index (χ1n) is 6.92. The van der Waals surface area contributed by atoms with Gasteiger partial charge in [0.25, 0.3) is 0 Å². The van der Waals surface area contributed by atoms with Gasteiger partial charge in [-0.25, -0.2) is 4.39 Å². The zero-order valence-corrected chi connectivity index (χ0v) is 11.7. The third kappa shape index (κ3) is 3.45. The van der Waals surface area contributed by atoms with Gasteiger partial charge in [-0.2, -0.15) is 0 Å². The van der Waals surface area contributed by atoms with Crippen LogP contribution < -0.4 is 10.1 Å². The molecule has 1 atom stereocenters. The van der Waals surface area contributed by atoms with Crippen molar-refractivity contribution < 1.29 is 13.9 Å². The molecule has 0 aromatic heterocycles. The number of benzene rings is 1. The number of likely N-dealkylation sites (N-methyl/N-ethyl adjacent to an activating group) is 1. The Labute approximate surface area is 114 Å². The summed E-state index contributed by atoms with van der Waals surface area (Å²) in [5.74, 6) is 0.711. The standard InChI is InChI=1S/C15H22FNO2/c1-3-17-9-11(18-2)10-19-15-8-7-14(16)12-5-4-6-13(12)15/h7-8,11,17H,3-6,9-10H2,1-2H3. The quantitative estimate of drug-likeness (QED) is 0.822. The number of hydrogen-bond acceptors (Lipinski definition) is 3. The van der Waals surface area contributed by atoms with Crippen molar-refractivity contribution in [3.05, 3.63) is 29.1 Å². The highest BCUT2D eigenvalue weighted by Gasteiger charge is 2.20. The van der Waals surface area contributed by atoms with Gasteiger partial charge < -0.3 is 14.8 Å². The number of hydrogen-bond donors (Lipinski definition) is 1. The normalized spacial score (nSPS) is 15.3. The van der Waals surface area contributed by atoms with Crippen LogP contribution >= 0.6 is 0 Å². The summed E-state index contributed by atoms with van der Waals surface area (Å²) in [6, 6.07) is 3.24. The molecule has 0 bridgehead atoms. The Morgan fingerprint density at radius 2 is 2.11 bits per heavy atom. The van der Waals surface area contributed by atoms with E-state index in [9.17, 15) is 4.39 Å². The second-order valence-corrected chi connectivity index (χ2v) is 4.83. The van der Waals surface area contributed by atoms with Gasteiger partial charge in [0.05, 0.1) is 0 Å². The highest BCUT2D eigenvalue weighted by molar-refractivity contribution is 5.43. The zero-order chi connectivity index (χ0) is 13.7. The fraction of sp³-hybridized carbons (Fsp3) is 0.600. The first-order valence-corrected chi connectivity index (χ1v) is 6.92. The minimum atomic E-state index is -0.101. The van der Waals surface area contributed by atoms with E-state index < -0.39 is 0 Å². The summed E-state index contributed by atoms with van der Waals surface area (Å²) in [5.41, 5.74) is 1.87. The highest BCUT2D eigenvalue weighted by Crippen LogP contribution is 2.32. The lowest BCUT2D eigenvalue weighted by molar-refractivity contribution is 0.0581. The first-order chi connectivity index (χ1) is 9.26. The summed E-state index contributed by atoms with van der Waals surface area (Å²) < 4.78 is 24.8. The van der Waals surface area contributed by atoms with Gasteiger partial charge in [0, 0.05) is 19.2 Å². The molecule has 106 valence electrons. The lowest BCUT2D eigenvalue weighted by atomic mass is 10.1. The minimum Gasteiger partial charge on any atom is -0.491 e. The molecule has 0 saturated carbocycles. The summed E-state index contributed by atoms with van der Waals surface area (Å²) in [7, 11) is 1.68. The van der Waals surface area contributed by atoms with Crippen molar-refractivity contribution in [2.24, 2.45) is 0 Å². The number of nitrogens with one attached hydrogen (secondary N) is 1. The lowest BCUT2D eigenvalue weighted by Gasteiger charge is -2.18. The van der Waals surface area contributed by atoms with Gasteiger partial charge in [-0.3, -0.25) is 0 Å². The molecule has 0 spiro atoms. The van der Waals surface area contributed by atoms with Crippen LogP contribution in [0.2, 0.25) is 0 Å². The maximum absolute atomic E-state index is 13.6. The summed E-state index contributed by atoms with van der Waals surface area (Å²) in [6.45, 7) is 4.21. The minimum absolute atomic E-state index is 0.0158. The van der Waals surface area contributed by atoms with Crippen LogP contribution in [0.1, 0.15) is 24.5 Å². The van der Waals surface area contributed by atoms with Crippen LogP contribution in [-0.4, -0.2) is 32.9 Å². The second kappa shape index (κ2) is 6.87. The predicted molar refractivity (Wildman–Crippen MR) is 73.3 cm³/mol. The molecule has 0 saturated heterocycles. The van der Waals surface area contributed by atoms with Crippen molar-refractivity contribution in [3.8, 4) is 5.75 Å². The molecule has 0 amide bonds. The molecule has 1 N–H and O–H groups in total. The number of rotatable bonds is 7. The summed E-state index contributed by atoms with van der Waals surface area (Å²) in [5, 5.41) is 3.23. The van der Waals surface area contributed by atoms with E-state index in [4.69, 9.17) is 9.47 Å². The van der Waals surface area contributed by atoms with Crippen LogP contribution in [0.25, 0.3) is 0 Å². The van der Waals surface area contributed by atoms with Crippen LogP contribution in [-0.2, 0) is 17.6 Å². The van der Waals surface area contributed by atoms with Crippen LogP contribution in [0.5, 0.6) is 5.75 Å². The van der Waals surface area contributed by atoms with E-state index in [0.717, 1.165) is 49.2 Å².